The number of nitrogen functional groups attached to an aromatic ring is 1. The largest absolute Gasteiger partial charge is 0.396 e. The molecule has 1 aliphatic carbocycles. The Kier molecular flexibility index (Phi) is 9.13. The van der Waals surface area contributed by atoms with Gasteiger partial charge in [-0.25, -0.2) is 8.78 Å². The van der Waals surface area contributed by atoms with E-state index in [0.717, 1.165) is 53.3 Å². The molecule has 0 saturated heterocycles. The second kappa shape index (κ2) is 12.3. The average Bonchev–Trinajstić information content (AvgIpc) is 2.87. The van der Waals surface area contributed by atoms with Crippen molar-refractivity contribution in [2.45, 2.75) is 40.0 Å². The smallest absolute Gasteiger partial charge is 0.147 e. The molecular formula is C32H34F2N2. The quantitative estimate of drug-likeness (QED) is 0.150. The van der Waals surface area contributed by atoms with Crippen molar-refractivity contribution in [1.82, 2.24) is 0 Å². The summed E-state index contributed by atoms with van der Waals surface area (Å²) < 4.78 is 30.6. The Bertz CT molecular complexity index is 1280. The first-order valence-corrected chi connectivity index (χ1v) is 12.4. The van der Waals surface area contributed by atoms with E-state index in [1.807, 2.05) is 87.5 Å². The first-order chi connectivity index (χ1) is 17.4. The van der Waals surface area contributed by atoms with E-state index in [0.29, 0.717) is 5.57 Å². The second-order valence-electron chi connectivity index (χ2n) is 8.78. The Balaban J connectivity index is 0.00000176. The van der Waals surface area contributed by atoms with Gasteiger partial charge in [-0.3, -0.25) is 0 Å². The predicted molar refractivity (Wildman–Crippen MR) is 150 cm³/mol. The van der Waals surface area contributed by atoms with Gasteiger partial charge >= 0.3 is 0 Å². The standard InChI is InChI=1S/C30H28F2N2.C2H6/c1-19(2)11-12-20-13-15-23(16-14-20)28(24-17-26(31)30(34)25(18-33)29(24)32)27(22-9-6-10-22)21-7-4-3-5-8-21;1-2/h3-5,7-8,11-18,22,33H,1,6,9-10,34H2,2H3;1-2H3/b12-11+,28-27-,33-18?;. The highest BCUT2D eigenvalue weighted by molar-refractivity contribution is 6.01. The van der Waals surface area contributed by atoms with Crippen LogP contribution < -0.4 is 5.73 Å². The Morgan fingerprint density at radius 1 is 1.00 bits per heavy atom. The Labute approximate surface area is 213 Å². The molecule has 4 rings (SSSR count). The Hall–Kier alpha value is -3.79. The fourth-order valence-corrected chi connectivity index (χ4v) is 4.34. The van der Waals surface area contributed by atoms with Crippen LogP contribution in [-0.2, 0) is 0 Å². The summed E-state index contributed by atoms with van der Waals surface area (Å²) in [6.07, 6.45) is 7.76. The molecule has 0 atom stereocenters. The first kappa shape index (κ1) is 26.8. The number of nitrogens with two attached hydrogens (primary N) is 1. The zero-order valence-electron chi connectivity index (χ0n) is 21.2. The van der Waals surface area contributed by atoms with Gasteiger partial charge in [0.15, 0.2) is 0 Å². The molecule has 1 saturated carbocycles. The number of halogens is 2. The fraction of sp³-hybridized carbons (Fsp3) is 0.219. The minimum absolute atomic E-state index is 0.126. The number of hydrogen-bond acceptors (Lipinski definition) is 2. The third-order valence-electron chi connectivity index (χ3n) is 6.33. The van der Waals surface area contributed by atoms with E-state index in [4.69, 9.17) is 11.1 Å². The second-order valence-corrected chi connectivity index (χ2v) is 8.78. The van der Waals surface area contributed by atoms with Crippen LogP contribution in [0.15, 0.2) is 78.9 Å². The van der Waals surface area contributed by atoms with E-state index < -0.39 is 11.6 Å². The van der Waals surface area contributed by atoms with Crippen molar-refractivity contribution >= 4 is 29.1 Å². The van der Waals surface area contributed by atoms with E-state index in [9.17, 15) is 4.39 Å². The zero-order chi connectivity index (χ0) is 26.2. The van der Waals surface area contributed by atoms with Crippen molar-refractivity contribution < 1.29 is 8.78 Å². The molecule has 0 heterocycles. The van der Waals surface area contributed by atoms with Crippen LogP contribution in [0.2, 0.25) is 0 Å². The molecule has 0 spiro atoms. The van der Waals surface area contributed by atoms with Crippen LogP contribution in [0.3, 0.4) is 0 Å². The van der Waals surface area contributed by atoms with Crippen LogP contribution in [-0.4, -0.2) is 6.21 Å². The van der Waals surface area contributed by atoms with Crippen molar-refractivity contribution in [3.63, 3.8) is 0 Å². The van der Waals surface area contributed by atoms with Gasteiger partial charge in [-0.15, -0.1) is 0 Å². The van der Waals surface area contributed by atoms with Crippen LogP contribution in [0.1, 0.15) is 67.9 Å². The molecule has 0 aliphatic heterocycles. The lowest BCUT2D eigenvalue weighted by atomic mass is 9.73. The molecule has 4 heteroatoms. The van der Waals surface area contributed by atoms with E-state index in [1.165, 1.54) is 6.07 Å². The van der Waals surface area contributed by atoms with Gasteiger partial charge in [0.1, 0.15) is 11.6 Å². The van der Waals surface area contributed by atoms with Gasteiger partial charge in [-0.2, -0.15) is 0 Å². The molecule has 0 radical (unpaired) electrons. The monoisotopic (exact) mass is 484 g/mol. The highest BCUT2D eigenvalue weighted by Crippen LogP contribution is 2.46. The van der Waals surface area contributed by atoms with E-state index >= 15 is 4.39 Å². The molecule has 1 aliphatic rings. The van der Waals surface area contributed by atoms with Crippen LogP contribution in [0, 0.1) is 23.0 Å². The number of benzene rings is 3. The lowest BCUT2D eigenvalue weighted by Gasteiger charge is -2.32. The Morgan fingerprint density at radius 3 is 2.17 bits per heavy atom. The maximum absolute atomic E-state index is 15.7. The number of anilines is 1. The molecule has 0 aromatic heterocycles. The number of rotatable bonds is 7. The molecule has 1 fully saturated rings. The predicted octanol–water partition coefficient (Wildman–Crippen LogP) is 8.92. The van der Waals surface area contributed by atoms with Gasteiger partial charge in [-0.05, 0) is 59.6 Å². The van der Waals surface area contributed by atoms with Crippen LogP contribution in [0.25, 0.3) is 17.2 Å². The van der Waals surface area contributed by atoms with Crippen LogP contribution in [0.4, 0.5) is 14.5 Å². The Morgan fingerprint density at radius 2 is 1.64 bits per heavy atom. The summed E-state index contributed by atoms with van der Waals surface area (Å²) in [7, 11) is 0. The van der Waals surface area contributed by atoms with Crippen molar-refractivity contribution in [3.05, 3.63) is 118 Å². The van der Waals surface area contributed by atoms with Crippen LogP contribution in [0.5, 0.6) is 0 Å². The molecule has 2 nitrogen and oxygen atoms in total. The lowest BCUT2D eigenvalue weighted by molar-refractivity contribution is 0.401. The third kappa shape index (κ3) is 5.71. The molecule has 36 heavy (non-hydrogen) atoms. The number of allylic oxidation sites excluding steroid dienone is 3. The summed E-state index contributed by atoms with van der Waals surface area (Å²) in [4.78, 5) is 0. The molecule has 0 unspecified atom stereocenters. The summed E-state index contributed by atoms with van der Waals surface area (Å²) in [5, 5.41) is 7.63. The number of hydrogen-bond donors (Lipinski definition) is 2. The highest BCUT2D eigenvalue weighted by atomic mass is 19.1. The average molecular weight is 485 g/mol. The van der Waals surface area contributed by atoms with Crippen molar-refractivity contribution in [1.29, 1.82) is 5.41 Å². The van der Waals surface area contributed by atoms with Gasteiger partial charge in [0.25, 0.3) is 0 Å². The maximum Gasteiger partial charge on any atom is 0.147 e. The van der Waals surface area contributed by atoms with Gasteiger partial charge in [0, 0.05) is 11.8 Å². The third-order valence-corrected chi connectivity index (χ3v) is 6.33. The maximum atomic E-state index is 15.7. The van der Waals surface area contributed by atoms with Gasteiger partial charge in [0.05, 0.1) is 11.3 Å². The lowest BCUT2D eigenvalue weighted by Crippen LogP contribution is -2.16. The zero-order valence-corrected chi connectivity index (χ0v) is 21.2. The molecule has 186 valence electrons. The molecule has 3 N–H and O–H groups in total. The summed E-state index contributed by atoms with van der Waals surface area (Å²) in [6, 6.07) is 18.9. The van der Waals surface area contributed by atoms with E-state index in [2.05, 4.69) is 6.58 Å². The van der Waals surface area contributed by atoms with Gasteiger partial charge in [-0.1, -0.05) is 99.2 Å². The van der Waals surface area contributed by atoms with Crippen molar-refractivity contribution in [2.75, 3.05) is 5.73 Å². The number of nitrogens with one attached hydrogen (secondary N) is 1. The topological polar surface area (TPSA) is 49.9 Å². The SMILES string of the molecule is C=C(C)/C=C/c1ccc(/C(=C(\c2ccccc2)C2CCC2)c2cc(F)c(N)c(C=N)c2F)cc1.CC. The van der Waals surface area contributed by atoms with E-state index in [-0.39, 0.29) is 22.7 Å². The van der Waals surface area contributed by atoms with Crippen molar-refractivity contribution in [2.24, 2.45) is 5.92 Å². The fourth-order valence-electron chi connectivity index (χ4n) is 4.34. The van der Waals surface area contributed by atoms with Gasteiger partial charge in [0.2, 0.25) is 0 Å². The van der Waals surface area contributed by atoms with E-state index in [1.54, 1.807) is 0 Å². The summed E-state index contributed by atoms with van der Waals surface area (Å²) in [5.41, 5.74) is 10.7. The molecule has 0 bridgehead atoms. The molecule has 3 aromatic carbocycles. The highest BCUT2D eigenvalue weighted by Gasteiger charge is 2.29. The minimum atomic E-state index is -0.727. The van der Waals surface area contributed by atoms with Crippen LogP contribution >= 0.6 is 0 Å². The summed E-state index contributed by atoms with van der Waals surface area (Å²) in [6.45, 7) is 9.82. The van der Waals surface area contributed by atoms with Crippen molar-refractivity contribution in [3.8, 4) is 0 Å². The molecular weight excluding hydrogens is 450 g/mol. The first-order valence-electron chi connectivity index (χ1n) is 12.4. The normalized spacial score (nSPS) is 13.9. The molecule has 3 aromatic rings. The van der Waals surface area contributed by atoms with Gasteiger partial charge < -0.3 is 11.1 Å². The minimum Gasteiger partial charge on any atom is -0.396 e. The summed E-state index contributed by atoms with van der Waals surface area (Å²) >= 11 is 0. The molecule has 0 amide bonds. The summed E-state index contributed by atoms with van der Waals surface area (Å²) in [5.74, 6) is -1.17.